The summed E-state index contributed by atoms with van der Waals surface area (Å²) in [6.07, 6.45) is 0. The molecule has 2 heterocycles. The summed E-state index contributed by atoms with van der Waals surface area (Å²) in [6.45, 7) is 7.65. The van der Waals surface area contributed by atoms with Gasteiger partial charge in [0.05, 0.1) is 0 Å². The average Bonchev–Trinajstić information content (AvgIpc) is 2.97. The molecule has 0 aliphatic rings. The molecule has 0 saturated carbocycles. The summed E-state index contributed by atoms with van der Waals surface area (Å²) in [4.78, 5) is 23.0. The van der Waals surface area contributed by atoms with E-state index in [2.05, 4.69) is 52.4 Å². The molecule has 0 amide bonds. The van der Waals surface area contributed by atoms with E-state index in [9.17, 15) is 4.79 Å². The number of H-pyrrole nitrogens is 1. The van der Waals surface area contributed by atoms with Crippen LogP contribution < -0.4 is 5.56 Å². The molecule has 0 aliphatic heterocycles. The molecule has 1 N–H and O–H groups in total. The zero-order chi connectivity index (χ0) is 18.0. The van der Waals surface area contributed by atoms with E-state index in [1.807, 2.05) is 30.4 Å². The van der Waals surface area contributed by atoms with Gasteiger partial charge in [0.15, 0.2) is 0 Å². The van der Waals surface area contributed by atoms with Gasteiger partial charge in [0.2, 0.25) is 0 Å². The second-order valence-electron chi connectivity index (χ2n) is 6.52. The Morgan fingerprint density at radius 2 is 1.80 bits per heavy atom. The van der Waals surface area contributed by atoms with Crippen LogP contribution in [0.5, 0.6) is 0 Å². The third-order valence-corrected chi connectivity index (χ3v) is 5.46. The van der Waals surface area contributed by atoms with Gasteiger partial charge in [-0.25, -0.2) is 4.98 Å². The van der Waals surface area contributed by atoms with Gasteiger partial charge >= 0.3 is 0 Å². The average molecular weight is 353 g/mol. The summed E-state index contributed by atoms with van der Waals surface area (Å²) < 4.78 is 0. The van der Waals surface area contributed by atoms with Crippen molar-refractivity contribution < 1.29 is 0 Å². The minimum Gasteiger partial charge on any atom is -0.306 e. The van der Waals surface area contributed by atoms with E-state index in [1.54, 1.807) is 6.92 Å². The van der Waals surface area contributed by atoms with Crippen molar-refractivity contribution in [3.05, 3.63) is 73.3 Å². The number of hydrogen-bond acceptors (Lipinski definition) is 4. The highest BCUT2D eigenvalue weighted by atomic mass is 32.1. The Morgan fingerprint density at radius 1 is 1.08 bits per heavy atom. The third-order valence-electron chi connectivity index (χ3n) is 4.46. The van der Waals surface area contributed by atoms with Gasteiger partial charge in [-0.05, 0) is 50.4 Å². The van der Waals surface area contributed by atoms with Crippen molar-refractivity contribution >= 4 is 11.3 Å². The molecule has 0 aliphatic carbocycles. The largest absolute Gasteiger partial charge is 0.306 e. The van der Waals surface area contributed by atoms with Crippen LogP contribution in [0, 0.1) is 20.8 Å². The monoisotopic (exact) mass is 353 g/mol. The van der Waals surface area contributed by atoms with Crippen LogP contribution in [0.15, 0.2) is 40.5 Å². The number of aromatic nitrogens is 2. The first-order valence-corrected chi connectivity index (χ1v) is 9.20. The lowest BCUT2D eigenvalue weighted by Crippen LogP contribution is -2.17. The number of benzene rings is 1. The van der Waals surface area contributed by atoms with Gasteiger partial charge in [0, 0.05) is 34.8 Å². The molecule has 0 spiro atoms. The molecule has 4 nitrogen and oxygen atoms in total. The van der Waals surface area contributed by atoms with E-state index < -0.39 is 0 Å². The summed E-state index contributed by atoms with van der Waals surface area (Å²) in [5.74, 6) is 0.627. The van der Waals surface area contributed by atoms with Gasteiger partial charge in [-0.2, -0.15) is 0 Å². The van der Waals surface area contributed by atoms with Crippen LogP contribution in [-0.2, 0) is 13.1 Å². The Labute approximate surface area is 152 Å². The fraction of sp³-hybridized carbons (Fsp3) is 0.300. The number of aryl methyl sites for hydroxylation is 2. The quantitative estimate of drug-likeness (QED) is 0.753. The SMILES string of the molecule is Cc1ccsc1CN(C)Cc1ccc(-c2nc(C)c(C)c(=O)[nH]2)cc1. The highest BCUT2D eigenvalue weighted by molar-refractivity contribution is 7.10. The standard InChI is InChI=1S/C20H23N3OS/c1-13-9-10-25-18(13)12-23(4)11-16-5-7-17(8-6-16)19-21-15(3)14(2)20(24)22-19/h5-10H,11-12H2,1-4H3,(H,21,22,24). The maximum atomic E-state index is 11.9. The molecule has 5 heteroatoms. The summed E-state index contributed by atoms with van der Waals surface area (Å²) >= 11 is 1.81. The Kier molecular flexibility index (Phi) is 5.16. The zero-order valence-electron chi connectivity index (χ0n) is 15.1. The highest BCUT2D eigenvalue weighted by Crippen LogP contribution is 2.20. The van der Waals surface area contributed by atoms with E-state index in [0.717, 1.165) is 24.3 Å². The number of nitrogens with zero attached hydrogens (tertiary/aromatic N) is 2. The highest BCUT2D eigenvalue weighted by Gasteiger charge is 2.08. The third kappa shape index (κ3) is 4.06. The van der Waals surface area contributed by atoms with Crippen LogP contribution in [0.2, 0.25) is 0 Å². The summed E-state index contributed by atoms with van der Waals surface area (Å²) in [5.41, 5.74) is 4.90. The second kappa shape index (κ2) is 7.33. The fourth-order valence-corrected chi connectivity index (χ4v) is 3.71. The molecular weight excluding hydrogens is 330 g/mol. The van der Waals surface area contributed by atoms with Crippen LogP contribution in [0.25, 0.3) is 11.4 Å². The van der Waals surface area contributed by atoms with E-state index in [-0.39, 0.29) is 5.56 Å². The Bertz CT molecular complexity index is 925. The van der Waals surface area contributed by atoms with Crippen LogP contribution >= 0.6 is 11.3 Å². The Balaban J connectivity index is 1.72. The predicted octanol–water partition coefficient (Wildman–Crippen LogP) is 4.06. The molecule has 0 unspecified atom stereocenters. The normalized spacial score (nSPS) is 11.2. The predicted molar refractivity (Wildman–Crippen MR) is 104 cm³/mol. The molecule has 2 aromatic heterocycles. The van der Waals surface area contributed by atoms with Gasteiger partial charge < -0.3 is 4.98 Å². The molecule has 0 atom stereocenters. The first kappa shape index (κ1) is 17.6. The molecule has 130 valence electrons. The molecule has 3 aromatic rings. The van der Waals surface area contributed by atoms with E-state index in [4.69, 9.17) is 0 Å². The first-order chi connectivity index (χ1) is 11.9. The topological polar surface area (TPSA) is 49.0 Å². The fourth-order valence-electron chi connectivity index (χ4n) is 2.73. The van der Waals surface area contributed by atoms with E-state index in [1.165, 1.54) is 16.0 Å². The molecule has 0 saturated heterocycles. The van der Waals surface area contributed by atoms with Crippen molar-refractivity contribution in [2.45, 2.75) is 33.9 Å². The number of nitrogens with one attached hydrogen (secondary N) is 1. The van der Waals surface area contributed by atoms with Crippen LogP contribution in [0.4, 0.5) is 0 Å². The van der Waals surface area contributed by atoms with Crippen LogP contribution in [0.1, 0.15) is 27.3 Å². The van der Waals surface area contributed by atoms with E-state index in [0.29, 0.717) is 11.4 Å². The Hall–Kier alpha value is -2.24. The van der Waals surface area contributed by atoms with Crippen molar-refractivity contribution in [3.63, 3.8) is 0 Å². The molecule has 1 aromatic carbocycles. The van der Waals surface area contributed by atoms with Gasteiger partial charge in [0.1, 0.15) is 5.82 Å². The van der Waals surface area contributed by atoms with Crippen LogP contribution in [0.3, 0.4) is 0 Å². The summed E-state index contributed by atoms with van der Waals surface area (Å²) in [7, 11) is 2.13. The maximum Gasteiger partial charge on any atom is 0.254 e. The van der Waals surface area contributed by atoms with Crippen molar-refractivity contribution in [2.24, 2.45) is 0 Å². The first-order valence-electron chi connectivity index (χ1n) is 8.32. The maximum absolute atomic E-state index is 11.9. The lowest BCUT2D eigenvalue weighted by molar-refractivity contribution is 0.321. The number of hydrogen-bond donors (Lipinski definition) is 1. The minimum absolute atomic E-state index is 0.0716. The molecule has 25 heavy (non-hydrogen) atoms. The van der Waals surface area contributed by atoms with Crippen molar-refractivity contribution in [1.29, 1.82) is 0 Å². The molecular formula is C20H23N3OS. The van der Waals surface area contributed by atoms with Crippen molar-refractivity contribution in [3.8, 4) is 11.4 Å². The summed E-state index contributed by atoms with van der Waals surface area (Å²) in [6, 6.07) is 10.4. The Morgan fingerprint density at radius 3 is 2.40 bits per heavy atom. The summed E-state index contributed by atoms with van der Waals surface area (Å²) in [5, 5.41) is 2.14. The second-order valence-corrected chi connectivity index (χ2v) is 7.52. The molecule has 3 rings (SSSR count). The number of aromatic amines is 1. The van der Waals surface area contributed by atoms with Crippen LogP contribution in [-0.4, -0.2) is 21.9 Å². The lowest BCUT2D eigenvalue weighted by Gasteiger charge is -2.16. The van der Waals surface area contributed by atoms with Crippen molar-refractivity contribution in [2.75, 3.05) is 7.05 Å². The molecule has 0 bridgehead atoms. The van der Waals surface area contributed by atoms with Gasteiger partial charge in [-0.1, -0.05) is 24.3 Å². The van der Waals surface area contributed by atoms with Gasteiger partial charge in [0.25, 0.3) is 5.56 Å². The number of thiophene rings is 1. The minimum atomic E-state index is -0.0716. The lowest BCUT2D eigenvalue weighted by atomic mass is 10.1. The molecule has 0 fully saturated rings. The van der Waals surface area contributed by atoms with Crippen molar-refractivity contribution in [1.82, 2.24) is 14.9 Å². The molecule has 0 radical (unpaired) electrons. The smallest absolute Gasteiger partial charge is 0.254 e. The van der Waals surface area contributed by atoms with Gasteiger partial charge in [-0.15, -0.1) is 11.3 Å². The van der Waals surface area contributed by atoms with Gasteiger partial charge in [-0.3, -0.25) is 9.69 Å². The zero-order valence-corrected chi connectivity index (χ0v) is 15.9. The number of rotatable bonds is 5. The van der Waals surface area contributed by atoms with E-state index >= 15 is 0 Å².